The Balaban J connectivity index is 1.22. The average molecular weight is 406 g/mol. The second kappa shape index (κ2) is 9.52. The highest BCUT2D eigenvalue weighted by Crippen LogP contribution is 2.24. The molecule has 1 saturated heterocycles. The summed E-state index contributed by atoms with van der Waals surface area (Å²) in [5, 5.41) is 11.2. The third kappa shape index (κ3) is 5.03. The van der Waals surface area contributed by atoms with Crippen LogP contribution in [0.3, 0.4) is 0 Å². The molecule has 2 heterocycles. The Morgan fingerprint density at radius 2 is 1.73 bits per heavy atom. The molecule has 4 rings (SSSR count). The van der Waals surface area contributed by atoms with Crippen molar-refractivity contribution in [1.82, 2.24) is 25.1 Å². The number of carbonyl (C=O) groups is 1. The predicted octanol–water partition coefficient (Wildman–Crippen LogP) is 3.08. The maximum atomic E-state index is 12.7. The van der Waals surface area contributed by atoms with E-state index in [1.54, 1.807) is 18.1 Å². The van der Waals surface area contributed by atoms with Gasteiger partial charge < -0.3 is 9.64 Å². The van der Waals surface area contributed by atoms with Gasteiger partial charge in [0.15, 0.2) is 0 Å². The van der Waals surface area contributed by atoms with Crippen molar-refractivity contribution in [3.05, 3.63) is 66.0 Å². The highest BCUT2D eigenvalue weighted by molar-refractivity contribution is 5.78. The van der Waals surface area contributed by atoms with Crippen molar-refractivity contribution in [2.75, 3.05) is 20.2 Å². The minimum absolute atomic E-state index is 0.207. The zero-order valence-electron chi connectivity index (χ0n) is 17.3. The van der Waals surface area contributed by atoms with E-state index in [1.807, 2.05) is 41.3 Å². The first kappa shape index (κ1) is 20.1. The number of nitrogens with zero attached hydrogens (tertiary/aromatic N) is 5. The fourth-order valence-corrected chi connectivity index (χ4v) is 3.97. The average Bonchev–Trinajstić information content (AvgIpc) is 3.34. The molecule has 1 aromatic heterocycles. The third-order valence-corrected chi connectivity index (χ3v) is 5.87. The number of amides is 1. The van der Waals surface area contributed by atoms with E-state index >= 15 is 0 Å². The van der Waals surface area contributed by atoms with Crippen LogP contribution in [0, 0.1) is 5.92 Å². The molecule has 3 aromatic rings. The number of carbonyl (C=O) groups excluding carboxylic acids is 1. The standard InChI is InChI=1S/C23H27N5O2/c1-30-22-10-6-18(7-11-22)2-3-19-12-14-27(15-13-19)23(29)16-20-4-8-21(9-5-20)28-17-24-25-26-28/h4-11,17,19H,2-3,12-16H2,1H3. The number of tetrazole rings is 1. The van der Waals surface area contributed by atoms with Crippen LogP contribution in [0.1, 0.15) is 30.4 Å². The molecule has 7 nitrogen and oxygen atoms in total. The van der Waals surface area contributed by atoms with Crippen molar-refractivity contribution in [2.24, 2.45) is 5.92 Å². The van der Waals surface area contributed by atoms with Crippen molar-refractivity contribution in [2.45, 2.75) is 32.1 Å². The first-order valence-corrected chi connectivity index (χ1v) is 10.4. The lowest BCUT2D eigenvalue weighted by molar-refractivity contribution is -0.131. The Hall–Kier alpha value is -3.22. The van der Waals surface area contributed by atoms with Crippen LogP contribution in [0.15, 0.2) is 54.9 Å². The van der Waals surface area contributed by atoms with E-state index in [0.29, 0.717) is 12.3 Å². The lowest BCUT2D eigenvalue weighted by Gasteiger charge is -2.32. The van der Waals surface area contributed by atoms with E-state index < -0.39 is 0 Å². The number of benzene rings is 2. The molecule has 2 aromatic carbocycles. The van der Waals surface area contributed by atoms with Crippen LogP contribution >= 0.6 is 0 Å². The minimum atomic E-state index is 0.207. The molecular formula is C23H27N5O2. The number of methoxy groups -OCH3 is 1. The van der Waals surface area contributed by atoms with Gasteiger partial charge in [-0.1, -0.05) is 24.3 Å². The van der Waals surface area contributed by atoms with Crippen LogP contribution in [0.4, 0.5) is 0 Å². The zero-order chi connectivity index (χ0) is 20.8. The minimum Gasteiger partial charge on any atom is -0.497 e. The quantitative estimate of drug-likeness (QED) is 0.604. The Morgan fingerprint density at radius 3 is 2.37 bits per heavy atom. The number of aromatic nitrogens is 4. The van der Waals surface area contributed by atoms with Crippen molar-refractivity contribution in [1.29, 1.82) is 0 Å². The fourth-order valence-electron chi connectivity index (χ4n) is 3.97. The van der Waals surface area contributed by atoms with Gasteiger partial charge in [0.25, 0.3) is 0 Å². The molecule has 156 valence electrons. The number of hydrogen-bond acceptors (Lipinski definition) is 5. The number of ether oxygens (including phenoxy) is 1. The molecular weight excluding hydrogens is 378 g/mol. The van der Waals surface area contributed by atoms with Gasteiger partial charge in [-0.15, -0.1) is 5.10 Å². The van der Waals surface area contributed by atoms with Crippen LogP contribution in [0.2, 0.25) is 0 Å². The number of rotatable bonds is 7. The lowest BCUT2D eigenvalue weighted by atomic mass is 9.90. The third-order valence-electron chi connectivity index (χ3n) is 5.87. The largest absolute Gasteiger partial charge is 0.497 e. The molecule has 0 N–H and O–H groups in total. The SMILES string of the molecule is COc1ccc(CCC2CCN(C(=O)Cc3ccc(-n4cnnn4)cc3)CC2)cc1. The van der Waals surface area contributed by atoms with Gasteiger partial charge in [0.2, 0.25) is 5.91 Å². The van der Waals surface area contributed by atoms with Crippen LogP contribution in [0.5, 0.6) is 5.75 Å². The van der Waals surface area contributed by atoms with Crippen molar-refractivity contribution < 1.29 is 9.53 Å². The molecule has 0 saturated carbocycles. The number of hydrogen-bond donors (Lipinski definition) is 0. The summed E-state index contributed by atoms with van der Waals surface area (Å²) in [4.78, 5) is 14.7. The Kier molecular flexibility index (Phi) is 6.37. The molecule has 0 bridgehead atoms. The molecule has 1 aliphatic heterocycles. The van der Waals surface area contributed by atoms with Gasteiger partial charge in [0.05, 0.1) is 19.2 Å². The molecule has 1 amide bonds. The number of likely N-dealkylation sites (tertiary alicyclic amines) is 1. The number of piperidine rings is 1. The van der Waals surface area contributed by atoms with E-state index in [9.17, 15) is 4.79 Å². The second-order valence-corrected chi connectivity index (χ2v) is 7.81. The van der Waals surface area contributed by atoms with Crippen LogP contribution in [-0.4, -0.2) is 51.2 Å². The topological polar surface area (TPSA) is 73.1 Å². The zero-order valence-corrected chi connectivity index (χ0v) is 17.3. The first-order valence-electron chi connectivity index (χ1n) is 10.4. The number of aryl methyl sites for hydroxylation is 1. The van der Waals surface area contributed by atoms with Crippen molar-refractivity contribution in [3.63, 3.8) is 0 Å². The molecule has 0 spiro atoms. The Morgan fingerprint density at radius 1 is 1.03 bits per heavy atom. The summed E-state index contributed by atoms with van der Waals surface area (Å²) in [5.74, 6) is 1.79. The van der Waals surface area contributed by atoms with Gasteiger partial charge in [-0.25, -0.2) is 4.68 Å². The van der Waals surface area contributed by atoms with E-state index in [4.69, 9.17) is 4.74 Å². The van der Waals surface area contributed by atoms with Gasteiger partial charge in [-0.3, -0.25) is 4.79 Å². The summed E-state index contributed by atoms with van der Waals surface area (Å²) >= 11 is 0. The van der Waals surface area contributed by atoms with Gasteiger partial charge in [-0.2, -0.15) is 0 Å². The van der Waals surface area contributed by atoms with E-state index in [-0.39, 0.29) is 5.91 Å². The molecule has 0 aliphatic carbocycles. The monoisotopic (exact) mass is 405 g/mol. The maximum absolute atomic E-state index is 12.7. The first-order chi connectivity index (χ1) is 14.7. The van der Waals surface area contributed by atoms with Gasteiger partial charge in [0.1, 0.15) is 12.1 Å². The normalized spacial score (nSPS) is 14.6. The summed E-state index contributed by atoms with van der Waals surface area (Å²) in [5.41, 5.74) is 3.24. The van der Waals surface area contributed by atoms with Gasteiger partial charge in [0, 0.05) is 13.1 Å². The van der Waals surface area contributed by atoms with Gasteiger partial charge in [-0.05, 0) is 77.4 Å². The van der Waals surface area contributed by atoms with E-state index in [1.165, 1.54) is 12.0 Å². The molecule has 1 aliphatic rings. The van der Waals surface area contributed by atoms with Crippen LogP contribution in [-0.2, 0) is 17.6 Å². The molecule has 1 fully saturated rings. The lowest BCUT2D eigenvalue weighted by Crippen LogP contribution is -2.39. The summed E-state index contributed by atoms with van der Waals surface area (Å²) < 4.78 is 6.82. The fraction of sp³-hybridized carbons (Fsp3) is 0.391. The highest BCUT2D eigenvalue weighted by atomic mass is 16.5. The van der Waals surface area contributed by atoms with Gasteiger partial charge >= 0.3 is 0 Å². The summed E-state index contributed by atoms with van der Waals surface area (Å²) in [6.07, 6.45) is 6.41. The van der Waals surface area contributed by atoms with E-state index in [2.05, 4.69) is 27.7 Å². The molecule has 30 heavy (non-hydrogen) atoms. The highest BCUT2D eigenvalue weighted by Gasteiger charge is 2.22. The summed E-state index contributed by atoms with van der Waals surface area (Å²) in [6, 6.07) is 16.1. The molecule has 0 atom stereocenters. The molecule has 7 heteroatoms. The maximum Gasteiger partial charge on any atom is 0.226 e. The summed E-state index contributed by atoms with van der Waals surface area (Å²) in [7, 11) is 1.69. The van der Waals surface area contributed by atoms with Crippen LogP contribution < -0.4 is 4.74 Å². The Bertz CT molecular complexity index is 931. The van der Waals surface area contributed by atoms with Crippen molar-refractivity contribution in [3.8, 4) is 11.4 Å². The molecule has 0 radical (unpaired) electrons. The van der Waals surface area contributed by atoms with Crippen LogP contribution in [0.25, 0.3) is 5.69 Å². The Labute approximate surface area is 176 Å². The van der Waals surface area contributed by atoms with E-state index in [0.717, 1.165) is 49.4 Å². The molecule has 0 unspecified atom stereocenters. The smallest absolute Gasteiger partial charge is 0.226 e. The van der Waals surface area contributed by atoms with Crippen molar-refractivity contribution >= 4 is 5.91 Å². The summed E-state index contributed by atoms with van der Waals surface area (Å²) in [6.45, 7) is 1.71. The second-order valence-electron chi connectivity index (χ2n) is 7.81. The predicted molar refractivity (Wildman–Crippen MR) is 113 cm³/mol.